The highest BCUT2D eigenvalue weighted by Gasteiger charge is 2.04. The monoisotopic (exact) mass is 415 g/mol. The van der Waals surface area contributed by atoms with Crippen molar-refractivity contribution in [3.05, 3.63) is 101 Å². The minimum atomic E-state index is -0.488. The zero-order valence-electron chi connectivity index (χ0n) is 16.2. The smallest absolute Gasteiger partial charge is 0.336 e. The van der Waals surface area contributed by atoms with Crippen LogP contribution in [0, 0.1) is 11.3 Å². The van der Waals surface area contributed by atoms with E-state index in [0.29, 0.717) is 22.1 Å². The van der Waals surface area contributed by atoms with Gasteiger partial charge in [-0.25, -0.2) is 4.79 Å². The van der Waals surface area contributed by atoms with Gasteiger partial charge in [-0.1, -0.05) is 48.0 Å². The number of allylic oxidation sites excluding steroid dienone is 1. The Bertz CT molecular complexity index is 1140. The van der Waals surface area contributed by atoms with E-state index in [-0.39, 0.29) is 0 Å². The SMILES string of the molecule is COc1cccc(/C=C/C(=O)Oc2ccc(/C=C(/C#N)c3cccc(Cl)c3)cc2)c1. The van der Waals surface area contributed by atoms with Crippen molar-refractivity contribution in [1.82, 2.24) is 0 Å². The molecule has 30 heavy (non-hydrogen) atoms. The maximum atomic E-state index is 12.1. The molecule has 0 unspecified atom stereocenters. The number of carbonyl (C=O) groups is 1. The maximum absolute atomic E-state index is 12.1. The number of benzene rings is 3. The molecule has 0 amide bonds. The standard InChI is InChI=1S/C25H18ClNO3/c1-29-24-7-2-4-18(15-24)10-13-25(28)30-23-11-8-19(9-12-23)14-21(17-27)20-5-3-6-22(26)16-20/h2-16H,1H3/b13-10+,21-14-. The Balaban J connectivity index is 1.67. The summed E-state index contributed by atoms with van der Waals surface area (Å²) in [5.74, 6) is 0.634. The lowest BCUT2D eigenvalue weighted by Crippen LogP contribution is -2.03. The summed E-state index contributed by atoms with van der Waals surface area (Å²) in [5, 5.41) is 10.0. The summed E-state index contributed by atoms with van der Waals surface area (Å²) in [7, 11) is 1.59. The second kappa shape index (κ2) is 10.1. The van der Waals surface area contributed by atoms with Crippen LogP contribution in [0.25, 0.3) is 17.7 Å². The normalized spacial score (nSPS) is 11.2. The number of ether oxygens (including phenoxy) is 2. The Morgan fingerprint density at radius 2 is 1.73 bits per heavy atom. The molecule has 0 radical (unpaired) electrons. The number of nitrogens with zero attached hydrogens (tertiary/aromatic N) is 1. The number of rotatable bonds is 6. The Labute approximate surface area is 180 Å². The molecule has 5 heteroatoms. The first-order valence-corrected chi connectivity index (χ1v) is 9.47. The highest BCUT2D eigenvalue weighted by molar-refractivity contribution is 6.30. The van der Waals surface area contributed by atoms with Crippen molar-refractivity contribution in [2.75, 3.05) is 7.11 Å². The Hall–Kier alpha value is -3.81. The molecule has 0 heterocycles. The molecule has 0 atom stereocenters. The molecule has 0 aromatic heterocycles. The summed E-state index contributed by atoms with van der Waals surface area (Å²) < 4.78 is 10.5. The fraction of sp³-hybridized carbons (Fsp3) is 0.0400. The van der Waals surface area contributed by atoms with Gasteiger partial charge in [0.25, 0.3) is 0 Å². The molecular formula is C25H18ClNO3. The van der Waals surface area contributed by atoms with Crippen LogP contribution in [0.2, 0.25) is 5.02 Å². The highest BCUT2D eigenvalue weighted by atomic mass is 35.5. The van der Waals surface area contributed by atoms with Crippen molar-refractivity contribution < 1.29 is 14.3 Å². The zero-order chi connectivity index (χ0) is 21.3. The van der Waals surface area contributed by atoms with Crippen LogP contribution in [0.3, 0.4) is 0 Å². The quantitative estimate of drug-likeness (QED) is 0.162. The highest BCUT2D eigenvalue weighted by Crippen LogP contribution is 2.22. The lowest BCUT2D eigenvalue weighted by molar-refractivity contribution is -0.128. The van der Waals surface area contributed by atoms with Gasteiger partial charge >= 0.3 is 5.97 Å². The van der Waals surface area contributed by atoms with E-state index in [4.69, 9.17) is 21.1 Å². The van der Waals surface area contributed by atoms with Crippen LogP contribution in [0.15, 0.2) is 78.9 Å². The maximum Gasteiger partial charge on any atom is 0.336 e. The summed E-state index contributed by atoms with van der Waals surface area (Å²) in [5.41, 5.74) is 2.86. The molecule has 0 saturated heterocycles. The first-order chi connectivity index (χ1) is 14.6. The Kier molecular flexibility index (Phi) is 7.05. The Morgan fingerprint density at radius 3 is 2.43 bits per heavy atom. The third kappa shape index (κ3) is 5.84. The molecule has 3 aromatic carbocycles. The van der Waals surface area contributed by atoms with Crippen LogP contribution in [0.5, 0.6) is 11.5 Å². The summed E-state index contributed by atoms with van der Waals surface area (Å²) in [6.07, 6.45) is 4.77. The number of carbonyl (C=O) groups excluding carboxylic acids is 1. The summed E-state index contributed by atoms with van der Waals surface area (Å²) in [6, 6.07) is 23.5. The van der Waals surface area contributed by atoms with Crippen LogP contribution in [0.1, 0.15) is 16.7 Å². The zero-order valence-corrected chi connectivity index (χ0v) is 17.0. The van der Waals surface area contributed by atoms with Crippen LogP contribution in [-0.4, -0.2) is 13.1 Å². The lowest BCUT2D eigenvalue weighted by Gasteiger charge is -2.04. The van der Waals surface area contributed by atoms with Gasteiger partial charge in [-0.2, -0.15) is 5.26 Å². The molecule has 148 valence electrons. The number of nitriles is 1. The van der Waals surface area contributed by atoms with E-state index < -0.39 is 5.97 Å². The minimum absolute atomic E-state index is 0.411. The van der Waals surface area contributed by atoms with E-state index in [9.17, 15) is 10.1 Å². The summed E-state index contributed by atoms with van der Waals surface area (Å²) in [6.45, 7) is 0. The molecule has 0 aliphatic heterocycles. The fourth-order valence-electron chi connectivity index (χ4n) is 2.69. The first kappa shape index (κ1) is 20.9. The van der Waals surface area contributed by atoms with E-state index in [1.165, 1.54) is 6.08 Å². The first-order valence-electron chi connectivity index (χ1n) is 9.09. The fourth-order valence-corrected chi connectivity index (χ4v) is 2.88. The van der Waals surface area contributed by atoms with Gasteiger partial charge in [0.1, 0.15) is 11.5 Å². The number of hydrogen-bond acceptors (Lipinski definition) is 4. The average molecular weight is 416 g/mol. The minimum Gasteiger partial charge on any atom is -0.497 e. The molecule has 0 saturated carbocycles. The van der Waals surface area contributed by atoms with Crippen LogP contribution < -0.4 is 9.47 Å². The van der Waals surface area contributed by atoms with E-state index in [0.717, 1.165) is 16.7 Å². The van der Waals surface area contributed by atoms with Crippen molar-refractivity contribution in [3.8, 4) is 17.6 Å². The van der Waals surface area contributed by atoms with Gasteiger partial charge in [-0.15, -0.1) is 0 Å². The van der Waals surface area contributed by atoms with E-state index in [2.05, 4.69) is 6.07 Å². The van der Waals surface area contributed by atoms with Gasteiger partial charge in [-0.05, 0) is 65.2 Å². The van der Waals surface area contributed by atoms with Crippen molar-refractivity contribution in [3.63, 3.8) is 0 Å². The van der Waals surface area contributed by atoms with Crippen LogP contribution in [0.4, 0.5) is 0 Å². The van der Waals surface area contributed by atoms with Crippen LogP contribution in [-0.2, 0) is 4.79 Å². The van der Waals surface area contributed by atoms with E-state index >= 15 is 0 Å². The van der Waals surface area contributed by atoms with E-state index in [1.807, 2.05) is 30.3 Å². The van der Waals surface area contributed by atoms with Crippen molar-refractivity contribution in [1.29, 1.82) is 5.26 Å². The topological polar surface area (TPSA) is 59.3 Å². The Morgan fingerprint density at radius 1 is 0.967 bits per heavy atom. The number of esters is 1. The molecule has 4 nitrogen and oxygen atoms in total. The van der Waals surface area contributed by atoms with Crippen molar-refractivity contribution >= 4 is 35.3 Å². The number of hydrogen-bond donors (Lipinski definition) is 0. The van der Waals surface area contributed by atoms with Gasteiger partial charge < -0.3 is 9.47 Å². The molecule has 0 fully saturated rings. The predicted molar refractivity (Wildman–Crippen MR) is 119 cm³/mol. The number of halogens is 1. The second-order valence-corrected chi connectivity index (χ2v) is 6.72. The predicted octanol–water partition coefficient (Wildman–Crippen LogP) is 6.03. The molecule has 0 aliphatic carbocycles. The van der Waals surface area contributed by atoms with Gasteiger partial charge in [0.2, 0.25) is 0 Å². The summed E-state index contributed by atoms with van der Waals surface area (Å²) >= 11 is 6.00. The number of methoxy groups -OCH3 is 1. The molecular weight excluding hydrogens is 398 g/mol. The molecule has 0 aliphatic rings. The summed E-state index contributed by atoms with van der Waals surface area (Å²) in [4.78, 5) is 12.1. The van der Waals surface area contributed by atoms with Gasteiger partial charge in [0.15, 0.2) is 0 Å². The molecule has 0 bridgehead atoms. The lowest BCUT2D eigenvalue weighted by atomic mass is 10.0. The van der Waals surface area contributed by atoms with Crippen molar-refractivity contribution in [2.45, 2.75) is 0 Å². The van der Waals surface area contributed by atoms with Crippen LogP contribution >= 0.6 is 11.6 Å². The average Bonchev–Trinajstić information content (AvgIpc) is 2.77. The van der Waals surface area contributed by atoms with Gasteiger partial charge in [-0.3, -0.25) is 0 Å². The van der Waals surface area contributed by atoms with Crippen molar-refractivity contribution in [2.24, 2.45) is 0 Å². The molecule has 0 N–H and O–H groups in total. The van der Waals surface area contributed by atoms with Gasteiger partial charge in [0, 0.05) is 11.1 Å². The molecule has 3 rings (SSSR count). The largest absolute Gasteiger partial charge is 0.497 e. The second-order valence-electron chi connectivity index (χ2n) is 6.28. The molecule has 0 spiro atoms. The third-order valence-electron chi connectivity index (χ3n) is 4.17. The van der Waals surface area contributed by atoms with Gasteiger partial charge in [0.05, 0.1) is 18.8 Å². The van der Waals surface area contributed by atoms with E-state index in [1.54, 1.807) is 61.7 Å². The molecule has 3 aromatic rings. The third-order valence-corrected chi connectivity index (χ3v) is 4.41.